The number of anilines is 1. The van der Waals surface area contributed by atoms with Crippen LogP contribution in [0, 0.1) is 0 Å². The quantitative estimate of drug-likeness (QED) is 0.512. The SMILES string of the molecule is C=Cc1ncc(OCc2nn(C)c3ccccc23)c(N[C@H](CCO)CCCC)n1. The van der Waals surface area contributed by atoms with Gasteiger partial charge in [0.15, 0.2) is 17.4 Å². The van der Waals surface area contributed by atoms with E-state index in [4.69, 9.17) is 4.74 Å². The first kappa shape index (κ1) is 20.8. The van der Waals surface area contributed by atoms with Crippen LogP contribution >= 0.6 is 0 Å². The summed E-state index contributed by atoms with van der Waals surface area (Å²) in [6, 6.07) is 8.19. The van der Waals surface area contributed by atoms with Gasteiger partial charge in [-0.15, -0.1) is 0 Å². The number of hydrogen-bond acceptors (Lipinski definition) is 6. The van der Waals surface area contributed by atoms with E-state index in [1.54, 1.807) is 12.3 Å². The Labute approximate surface area is 171 Å². The number of benzene rings is 1. The Bertz CT molecular complexity index is 954. The smallest absolute Gasteiger partial charge is 0.180 e. The summed E-state index contributed by atoms with van der Waals surface area (Å²) in [4.78, 5) is 8.81. The Morgan fingerprint density at radius 2 is 2.14 bits per heavy atom. The molecule has 7 heteroatoms. The predicted octanol–water partition coefficient (Wildman–Crippen LogP) is 3.94. The van der Waals surface area contributed by atoms with Crippen molar-refractivity contribution in [2.45, 2.75) is 45.3 Å². The van der Waals surface area contributed by atoms with Crippen molar-refractivity contribution in [1.29, 1.82) is 0 Å². The molecule has 3 rings (SSSR count). The van der Waals surface area contributed by atoms with Gasteiger partial charge in [-0.25, -0.2) is 9.97 Å². The fraction of sp³-hybridized carbons (Fsp3) is 0.409. The molecule has 7 nitrogen and oxygen atoms in total. The van der Waals surface area contributed by atoms with E-state index in [0.29, 0.717) is 30.4 Å². The van der Waals surface area contributed by atoms with Crippen LogP contribution in [-0.4, -0.2) is 37.5 Å². The maximum atomic E-state index is 9.41. The zero-order chi connectivity index (χ0) is 20.6. The fourth-order valence-electron chi connectivity index (χ4n) is 3.32. The molecular weight excluding hydrogens is 366 g/mol. The zero-order valence-corrected chi connectivity index (χ0v) is 17.1. The summed E-state index contributed by atoms with van der Waals surface area (Å²) in [5.74, 6) is 1.70. The number of nitrogens with zero attached hydrogens (tertiary/aromatic N) is 4. The van der Waals surface area contributed by atoms with E-state index >= 15 is 0 Å². The number of fused-ring (bicyclic) bond motifs is 1. The molecule has 2 N–H and O–H groups in total. The summed E-state index contributed by atoms with van der Waals surface area (Å²) < 4.78 is 7.92. The lowest BCUT2D eigenvalue weighted by molar-refractivity contribution is 0.275. The first-order valence-electron chi connectivity index (χ1n) is 10.1. The normalized spacial score (nSPS) is 12.1. The molecule has 0 aliphatic heterocycles. The second-order valence-corrected chi connectivity index (χ2v) is 7.02. The van der Waals surface area contributed by atoms with Gasteiger partial charge in [-0.1, -0.05) is 44.5 Å². The highest BCUT2D eigenvalue weighted by molar-refractivity contribution is 5.81. The number of unbranched alkanes of at least 4 members (excludes halogenated alkanes) is 1. The number of rotatable bonds is 11. The lowest BCUT2D eigenvalue weighted by Crippen LogP contribution is -2.22. The molecule has 154 valence electrons. The Kier molecular flexibility index (Phi) is 7.19. The molecular formula is C22H29N5O2. The maximum absolute atomic E-state index is 9.41. The van der Waals surface area contributed by atoms with Gasteiger partial charge in [-0.3, -0.25) is 4.68 Å². The van der Waals surface area contributed by atoms with Crippen LogP contribution in [0.5, 0.6) is 5.75 Å². The molecule has 3 aromatic rings. The Balaban J connectivity index is 1.81. The number of hydrogen-bond donors (Lipinski definition) is 2. The third-order valence-electron chi connectivity index (χ3n) is 4.88. The van der Waals surface area contributed by atoms with E-state index in [-0.39, 0.29) is 12.6 Å². The summed E-state index contributed by atoms with van der Waals surface area (Å²) in [6.45, 7) is 6.34. The molecule has 0 fully saturated rings. The van der Waals surface area contributed by atoms with Crippen LogP contribution in [0.1, 0.15) is 44.1 Å². The molecule has 0 saturated carbocycles. The monoisotopic (exact) mass is 395 g/mol. The standard InChI is InChI=1S/C22H29N5O2/c1-4-6-9-16(12-13-28)24-22-20(14-23-21(5-2)25-22)29-15-18-17-10-7-8-11-19(17)27(3)26-18/h5,7-8,10-11,14,16,28H,2,4,6,9,12-13,15H2,1,3H3,(H,23,24,25)/t16-/m0/s1. The maximum Gasteiger partial charge on any atom is 0.180 e. The molecule has 1 atom stereocenters. The Morgan fingerprint density at radius 1 is 1.31 bits per heavy atom. The van der Waals surface area contributed by atoms with Crippen LogP contribution in [0.4, 0.5) is 5.82 Å². The van der Waals surface area contributed by atoms with Crippen molar-refractivity contribution >= 4 is 22.8 Å². The average Bonchev–Trinajstić information content (AvgIpc) is 3.07. The van der Waals surface area contributed by atoms with Crippen molar-refractivity contribution < 1.29 is 9.84 Å². The molecule has 0 aliphatic carbocycles. The van der Waals surface area contributed by atoms with E-state index in [2.05, 4.69) is 33.9 Å². The molecule has 0 unspecified atom stereocenters. The molecule has 0 radical (unpaired) electrons. The lowest BCUT2D eigenvalue weighted by Gasteiger charge is -2.20. The van der Waals surface area contributed by atoms with Gasteiger partial charge in [0.25, 0.3) is 0 Å². The van der Waals surface area contributed by atoms with Gasteiger partial charge in [-0.05, 0) is 25.0 Å². The average molecular weight is 396 g/mol. The predicted molar refractivity (Wildman–Crippen MR) is 116 cm³/mol. The number of para-hydroxylation sites is 1. The third-order valence-corrected chi connectivity index (χ3v) is 4.88. The van der Waals surface area contributed by atoms with Gasteiger partial charge in [0.1, 0.15) is 12.3 Å². The molecule has 29 heavy (non-hydrogen) atoms. The van der Waals surface area contributed by atoms with Crippen LogP contribution in [0.3, 0.4) is 0 Å². The molecule has 0 bridgehead atoms. The highest BCUT2D eigenvalue weighted by Crippen LogP contribution is 2.26. The molecule has 2 heterocycles. The number of aliphatic hydroxyl groups excluding tert-OH is 1. The van der Waals surface area contributed by atoms with E-state index in [1.165, 1.54) is 0 Å². The van der Waals surface area contributed by atoms with Crippen molar-refractivity contribution in [2.75, 3.05) is 11.9 Å². The van der Waals surface area contributed by atoms with E-state index in [9.17, 15) is 5.11 Å². The highest BCUT2D eigenvalue weighted by atomic mass is 16.5. The summed E-state index contributed by atoms with van der Waals surface area (Å²) in [5.41, 5.74) is 1.92. The molecule has 2 aromatic heterocycles. The second kappa shape index (κ2) is 10.0. The first-order valence-corrected chi connectivity index (χ1v) is 10.1. The minimum atomic E-state index is 0.116. The number of aliphatic hydroxyl groups is 1. The van der Waals surface area contributed by atoms with E-state index < -0.39 is 0 Å². The van der Waals surface area contributed by atoms with Gasteiger partial charge in [0.2, 0.25) is 0 Å². The molecule has 1 aromatic carbocycles. The van der Waals surface area contributed by atoms with E-state index in [0.717, 1.165) is 35.9 Å². The molecule has 0 spiro atoms. The van der Waals surface area contributed by atoms with Crippen LogP contribution < -0.4 is 10.1 Å². The number of aryl methyl sites for hydroxylation is 1. The van der Waals surface area contributed by atoms with Crippen molar-refractivity contribution in [3.63, 3.8) is 0 Å². The van der Waals surface area contributed by atoms with Crippen LogP contribution in [0.25, 0.3) is 17.0 Å². The second-order valence-electron chi connectivity index (χ2n) is 7.02. The van der Waals surface area contributed by atoms with Gasteiger partial charge < -0.3 is 15.2 Å². The van der Waals surface area contributed by atoms with Gasteiger partial charge >= 0.3 is 0 Å². The Morgan fingerprint density at radius 3 is 2.90 bits per heavy atom. The van der Waals surface area contributed by atoms with E-state index in [1.807, 2.05) is 36.0 Å². The number of nitrogens with one attached hydrogen (secondary N) is 1. The number of ether oxygens (including phenoxy) is 1. The zero-order valence-electron chi connectivity index (χ0n) is 17.1. The lowest BCUT2D eigenvalue weighted by atomic mass is 10.1. The molecule has 0 amide bonds. The largest absolute Gasteiger partial charge is 0.482 e. The minimum Gasteiger partial charge on any atom is -0.482 e. The summed E-state index contributed by atoms with van der Waals surface area (Å²) in [5, 5.41) is 18.5. The number of aromatic nitrogens is 4. The van der Waals surface area contributed by atoms with Crippen molar-refractivity contribution in [2.24, 2.45) is 7.05 Å². The van der Waals surface area contributed by atoms with Gasteiger partial charge in [0, 0.05) is 25.1 Å². The molecule has 0 saturated heterocycles. The fourth-order valence-corrected chi connectivity index (χ4v) is 3.32. The highest BCUT2D eigenvalue weighted by Gasteiger charge is 2.15. The molecule has 0 aliphatic rings. The topological polar surface area (TPSA) is 85.1 Å². The van der Waals surface area contributed by atoms with Crippen LogP contribution in [0.15, 0.2) is 37.0 Å². The van der Waals surface area contributed by atoms with Gasteiger partial charge in [-0.2, -0.15) is 5.10 Å². The van der Waals surface area contributed by atoms with Crippen molar-refractivity contribution in [3.05, 3.63) is 48.6 Å². The van der Waals surface area contributed by atoms with Gasteiger partial charge in [0.05, 0.1) is 11.7 Å². The Hall–Kier alpha value is -2.93. The van der Waals surface area contributed by atoms with Crippen LogP contribution in [-0.2, 0) is 13.7 Å². The summed E-state index contributed by atoms with van der Waals surface area (Å²) in [6.07, 6.45) is 7.04. The van der Waals surface area contributed by atoms with Crippen LogP contribution in [0.2, 0.25) is 0 Å². The third kappa shape index (κ3) is 5.12. The van der Waals surface area contributed by atoms with Crippen molar-refractivity contribution in [3.8, 4) is 5.75 Å². The summed E-state index contributed by atoms with van der Waals surface area (Å²) in [7, 11) is 1.92. The van der Waals surface area contributed by atoms with Crippen molar-refractivity contribution in [1.82, 2.24) is 19.7 Å². The first-order chi connectivity index (χ1) is 14.2. The summed E-state index contributed by atoms with van der Waals surface area (Å²) >= 11 is 0. The minimum absolute atomic E-state index is 0.116.